The first-order chi connectivity index (χ1) is 14.4. The first kappa shape index (κ1) is 21.2. The van der Waals surface area contributed by atoms with Crippen molar-refractivity contribution in [3.05, 3.63) is 89.7 Å². The molecule has 0 bridgehead atoms. The number of nitrogens with one attached hydrogen (secondary N) is 2. The van der Waals surface area contributed by atoms with Crippen molar-refractivity contribution in [2.45, 2.75) is 19.3 Å². The number of benzene rings is 2. The minimum atomic E-state index is -4.42. The predicted molar refractivity (Wildman–Crippen MR) is 107 cm³/mol. The summed E-state index contributed by atoms with van der Waals surface area (Å²) in [6.45, 7) is 0.522. The van der Waals surface area contributed by atoms with E-state index < -0.39 is 11.7 Å². The molecule has 0 saturated heterocycles. The Morgan fingerprint density at radius 3 is 2.50 bits per heavy atom. The Bertz CT molecular complexity index is 961. The van der Waals surface area contributed by atoms with Gasteiger partial charge in [-0.1, -0.05) is 24.3 Å². The van der Waals surface area contributed by atoms with Gasteiger partial charge in [0.25, 0.3) is 0 Å². The number of carbonyl (C=O) groups is 1. The van der Waals surface area contributed by atoms with Crippen LogP contribution in [0.2, 0.25) is 0 Å². The minimum Gasteiger partial charge on any atom is -0.487 e. The van der Waals surface area contributed by atoms with Crippen molar-refractivity contribution >= 4 is 11.6 Å². The van der Waals surface area contributed by atoms with Crippen LogP contribution in [0.1, 0.15) is 16.8 Å². The van der Waals surface area contributed by atoms with E-state index >= 15 is 0 Å². The number of halogens is 3. The molecule has 2 N–H and O–H groups in total. The van der Waals surface area contributed by atoms with E-state index in [1.54, 1.807) is 18.3 Å². The Morgan fingerprint density at radius 1 is 1.00 bits per heavy atom. The summed E-state index contributed by atoms with van der Waals surface area (Å²) < 4.78 is 43.8. The molecule has 156 valence electrons. The zero-order chi connectivity index (χ0) is 21.4. The lowest BCUT2D eigenvalue weighted by Crippen LogP contribution is -2.29. The second-order valence-corrected chi connectivity index (χ2v) is 6.46. The monoisotopic (exact) mass is 415 g/mol. The lowest BCUT2D eigenvalue weighted by molar-refractivity contribution is -0.137. The van der Waals surface area contributed by atoms with Gasteiger partial charge in [0, 0.05) is 18.4 Å². The van der Waals surface area contributed by atoms with Crippen molar-refractivity contribution in [3.8, 4) is 5.75 Å². The maximum atomic E-state index is 12.7. The first-order valence-corrected chi connectivity index (χ1v) is 9.19. The second-order valence-electron chi connectivity index (χ2n) is 6.46. The van der Waals surface area contributed by atoms with Gasteiger partial charge in [0.1, 0.15) is 12.4 Å². The molecule has 0 saturated carbocycles. The molecular weight excluding hydrogens is 395 g/mol. The third kappa shape index (κ3) is 6.51. The summed E-state index contributed by atoms with van der Waals surface area (Å²) in [5, 5.41) is 5.41. The topological polar surface area (TPSA) is 63.2 Å². The van der Waals surface area contributed by atoms with Crippen molar-refractivity contribution in [2.24, 2.45) is 0 Å². The molecule has 0 aliphatic carbocycles. The predicted octanol–water partition coefficient (Wildman–Crippen LogP) is 4.41. The first-order valence-electron chi connectivity index (χ1n) is 9.19. The van der Waals surface area contributed by atoms with Crippen LogP contribution < -0.4 is 15.4 Å². The largest absolute Gasteiger partial charge is 0.487 e. The zero-order valence-electron chi connectivity index (χ0n) is 15.9. The van der Waals surface area contributed by atoms with E-state index in [-0.39, 0.29) is 18.1 Å². The summed E-state index contributed by atoms with van der Waals surface area (Å²) >= 11 is 0. The average Bonchev–Trinajstić information content (AvgIpc) is 2.76. The Labute approximate surface area is 171 Å². The lowest BCUT2D eigenvalue weighted by Gasteiger charge is -2.11. The van der Waals surface area contributed by atoms with Crippen molar-refractivity contribution in [3.63, 3.8) is 0 Å². The third-order valence-electron chi connectivity index (χ3n) is 4.17. The number of nitrogens with zero attached hydrogens (tertiary/aromatic N) is 1. The lowest BCUT2D eigenvalue weighted by atomic mass is 10.2. The maximum absolute atomic E-state index is 12.7. The number of alkyl halides is 3. The number of ether oxygens (including phenoxy) is 1. The number of aromatic nitrogens is 1. The number of anilines is 1. The van der Waals surface area contributed by atoms with Gasteiger partial charge in [-0.05, 0) is 48.0 Å². The van der Waals surface area contributed by atoms with Crippen molar-refractivity contribution in [1.82, 2.24) is 10.3 Å². The molecule has 0 fully saturated rings. The summed E-state index contributed by atoms with van der Waals surface area (Å²) in [6, 6.07) is 17.6. The Hall–Kier alpha value is -3.55. The van der Waals surface area contributed by atoms with Gasteiger partial charge < -0.3 is 15.4 Å². The highest BCUT2D eigenvalue weighted by atomic mass is 19.4. The highest BCUT2D eigenvalue weighted by Gasteiger charge is 2.30. The van der Waals surface area contributed by atoms with E-state index in [0.29, 0.717) is 18.9 Å². The standard InChI is InChI=1S/C22H20F3N3O2/c23-22(24,25)17-4-3-6-18(12-17)27-14-21(29)28-13-16-7-9-20(10-8-16)30-15-19-5-1-2-11-26-19/h1-12,27H,13-15H2,(H,28,29). The van der Waals surface area contributed by atoms with E-state index in [2.05, 4.69) is 15.6 Å². The molecule has 0 aliphatic heterocycles. The van der Waals surface area contributed by atoms with Gasteiger partial charge in [0.05, 0.1) is 17.8 Å². The molecule has 0 atom stereocenters. The van der Waals surface area contributed by atoms with Crippen LogP contribution in [0.25, 0.3) is 0 Å². The number of hydrogen-bond acceptors (Lipinski definition) is 4. The fourth-order valence-corrected chi connectivity index (χ4v) is 2.60. The Kier molecular flexibility index (Phi) is 6.90. The molecule has 2 aromatic carbocycles. The number of carbonyl (C=O) groups excluding carboxylic acids is 1. The summed E-state index contributed by atoms with van der Waals surface area (Å²) in [5.41, 5.74) is 1.15. The highest BCUT2D eigenvalue weighted by molar-refractivity contribution is 5.80. The van der Waals surface area contributed by atoms with Crippen LogP contribution in [0, 0.1) is 0 Å². The van der Waals surface area contributed by atoms with Gasteiger partial charge in [-0.3, -0.25) is 9.78 Å². The van der Waals surface area contributed by atoms with Crippen molar-refractivity contribution < 1.29 is 22.7 Å². The minimum absolute atomic E-state index is 0.132. The van der Waals surface area contributed by atoms with Gasteiger partial charge in [0.15, 0.2) is 0 Å². The molecule has 0 radical (unpaired) electrons. The van der Waals surface area contributed by atoms with Gasteiger partial charge in [-0.25, -0.2) is 0 Å². The molecule has 8 heteroatoms. The third-order valence-corrected chi connectivity index (χ3v) is 4.17. The normalized spacial score (nSPS) is 11.0. The van der Waals surface area contributed by atoms with Gasteiger partial charge in [-0.2, -0.15) is 13.2 Å². The molecule has 0 aliphatic rings. The number of pyridine rings is 1. The molecule has 1 aromatic heterocycles. The Morgan fingerprint density at radius 2 is 1.80 bits per heavy atom. The number of amides is 1. The van der Waals surface area contributed by atoms with E-state index in [9.17, 15) is 18.0 Å². The summed E-state index contributed by atoms with van der Waals surface area (Å²) in [7, 11) is 0. The van der Waals surface area contributed by atoms with E-state index in [1.807, 2.05) is 30.3 Å². The van der Waals surface area contributed by atoms with Crippen LogP contribution in [0.4, 0.5) is 18.9 Å². The average molecular weight is 415 g/mol. The van der Waals surface area contributed by atoms with Crippen LogP contribution in [0.5, 0.6) is 5.75 Å². The fraction of sp³-hybridized carbons (Fsp3) is 0.182. The van der Waals surface area contributed by atoms with Crippen molar-refractivity contribution in [1.29, 1.82) is 0 Å². The van der Waals surface area contributed by atoms with Gasteiger partial charge >= 0.3 is 6.18 Å². The molecule has 3 rings (SSSR count). The quantitative estimate of drug-likeness (QED) is 0.572. The maximum Gasteiger partial charge on any atom is 0.416 e. The highest BCUT2D eigenvalue weighted by Crippen LogP contribution is 2.30. The number of rotatable bonds is 8. The molecule has 30 heavy (non-hydrogen) atoms. The Balaban J connectivity index is 1.42. The second kappa shape index (κ2) is 9.78. The summed E-state index contributed by atoms with van der Waals surface area (Å²) in [4.78, 5) is 16.2. The molecular formula is C22H20F3N3O2. The van der Waals surface area contributed by atoms with Crippen LogP contribution in [-0.2, 0) is 24.1 Å². The SMILES string of the molecule is O=C(CNc1cccc(C(F)(F)F)c1)NCc1ccc(OCc2ccccn2)cc1. The van der Waals surface area contributed by atoms with E-state index in [4.69, 9.17) is 4.74 Å². The van der Waals surface area contributed by atoms with Crippen LogP contribution >= 0.6 is 0 Å². The molecule has 0 unspecified atom stereocenters. The molecule has 0 spiro atoms. The smallest absolute Gasteiger partial charge is 0.416 e. The van der Waals surface area contributed by atoms with Crippen LogP contribution in [0.15, 0.2) is 72.9 Å². The van der Waals surface area contributed by atoms with Crippen LogP contribution in [0.3, 0.4) is 0 Å². The fourth-order valence-electron chi connectivity index (χ4n) is 2.60. The summed E-state index contributed by atoms with van der Waals surface area (Å²) in [6.07, 6.45) is -2.72. The van der Waals surface area contributed by atoms with Gasteiger partial charge in [0.2, 0.25) is 5.91 Å². The molecule has 1 heterocycles. The zero-order valence-corrected chi connectivity index (χ0v) is 15.9. The summed E-state index contributed by atoms with van der Waals surface area (Å²) in [5.74, 6) is 0.352. The molecule has 1 amide bonds. The van der Waals surface area contributed by atoms with E-state index in [1.165, 1.54) is 12.1 Å². The van der Waals surface area contributed by atoms with E-state index in [0.717, 1.165) is 23.4 Å². The number of hydrogen-bond donors (Lipinski definition) is 2. The molecule has 3 aromatic rings. The molecule has 5 nitrogen and oxygen atoms in total. The van der Waals surface area contributed by atoms with Crippen molar-refractivity contribution in [2.75, 3.05) is 11.9 Å². The van der Waals surface area contributed by atoms with Gasteiger partial charge in [-0.15, -0.1) is 0 Å². The van der Waals surface area contributed by atoms with Crippen LogP contribution in [-0.4, -0.2) is 17.4 Å².